The van der Waals surface area contributed by atoms with Gasteiger partial charge in [-0.05, 0) is 49.7 Å². The van der Waals surface area contributed by atoms with E-state index in [0.717, 1.165) is 0 Å². The highest BCUT2D eigenvalue weighted by molar-refractivity contribution is 5.34. The van der Waals surface area contributed by atoms with Gasteiger partial charge in [-0.15, -0.1) is 0 Å². The van der Waals surface area contributed by atoms with Crippen molar-refractivity contribution < 1.29 is 0 Å². The smallest absolute Gasteiger partial charge is 0.0279 e. The monoisotopic (exact) mass is 254 g/mol. The van der Waals surface area contributed by atoms with E-state index in [1.54, 1.807) is 11.1 Å². The summed E-state index contributed by atoms with van der Waals surface area (Å²) in [7, 11) is 0. The Labute approximate surface area is 118 Å². The number of rotatable bonds is 0. The molecule has 2 aliphatic carbocycles. The second-order valence-electron chi connectivity index (χ2n) is 3.24. The predicted molar refractivity (Wildman–Crippen MR) is 89.3 cm³/mol. The first-order valence-electron chi connectivity index (χ1n) is 8.35. The number of fused-ring (bicyclic) bond motifs is 1. The zero-order valence-electron chi connectivity index (χ0n) is 14.4. The summed E-state index contributed by atoms with van der Waals surface area (Å²) >= 11 is 0. The molecule has 0 amide bonds. The van der Waals surface area contributed by atoms with E-state index in [2.05, 4.69) is 12.2 Å². The van der Waals surface area contributed by atoms with Gasteiger partial charge >= 0.3 is 0 Å². The zero-order valence-corrected chi connectivity index (χ0v) is 14.4. The van der Waals surface area contributed by atoms with E-state index < -0.39 is 0 Å². The molecule has 1 fully saturated rings. The third-order valence-corrected chi connectivity index (χ3v) is 2.50. The van der Waals surface area contributed by atoms with Crippen molar-refractivity contribution >= 4 is 0 Å². The number of allylic oxidation sites excluding steroid dienone is 4. The molecule has 0 aromatic rings. The molecule has 2 aliphatic rings. The van der Waals surface area contributed by atoms with Gasteiger partial charge < -0.3 is 0 Å². The van der Waals surface area contributed by atoms with Gasteiger partial charge in [0.05, 0.1) is 0 Å². The number of hydrogen-bond donors (Lipinski definition) is 0. The first-order chi connectivity index (χ1) is 8.97. The second kappa shape index (κ2) is 21.7. The Morgan fingerprint density at radius 2 is 0.833 bits per heavy atom. The summed E-state index contributed by atoms with van der Waals surface area (Å²) in [6, 6.07) is 0. The normalized spacial score (nSPS) is 15.1. The molecule has 0 N–H and O–H groups in total. The summed E-state index contributed by atoms with van der Waals surface area (Å²) in [6.07, 6.45) is 13.0. The summed E-state index contributed by atoms with van der Waals surface area (Å²) < 4.78 is 0. The van der Waals surface area contributed by atoms with Gasteiger partial charge in [-0.25, -0.2) is 0 Å². The van der Waals surface area contributed by atoms with Crippen molar-refractivity contribution in [2.45, 2.75) is 93.9 Å². The highest BCUT2D eigenvalue weighted by atomic mass is 14.2. The largest absolute Gasteiger partial charge is 0.0807 e. The first kappa shape index (κ1) is 22.6. The van der Waals surface area contributed by atoms with E-state index in [1.807, 2.05) is 55.4 Å². The molecule has 0 aliphatic heterocycles. The third kappa shape index (κ3) is 10.6. The van der Waals surface area contributed by atoms with Gasteiger partial charge in [0, 0.05) is 0 Å². The van der Waals surface area contributed by atoms with E-state index in [0.29, 0.717) is 0 Å². The fraction of sp³-hybridized carbons (Fsp3) is 0.778. The average molecular weight is 255 g/mol. The maximum absolute atomic E-state index is 2.44. The lowest BCUT2D eigenvalue weighted by Crippen LogP contribution is -2.01. The van der Waals surface area contributed by atoms with Gasteiger partial charge in [0.2, 0.25) is 0 Å². The molecule has 0 aromatic heterocycles. The van der Waals surface area contributed by atoms with Crippen LogP contribution in [0.1, 0.15) is 93.9 Å². The van der Waals surface area contributed by atoms with Crippen molar-refractivity contribution in [1.82, 2.24) is 0 Å². The minimum absolute atomic E-state index is 1.29. The van der Waals surface area contributed by atoms with Crippen LogP contribution in [0.4, 0.5) is 0 Å². The lowest BCUT2D eigenvalue weighted by atomic mass is 9.85. The average Bonchev–Trinajstić information content (AvgIpc) is 2.55. The molecular weight excluding hydrogens is 216 g/mol. The van der Waals surface area contributed by atoms with Crippen LogP contribution >= 0.6 is 0 Å². The summed E-state index contributed by atoms with van der Waals surface area (Å²) in [5, 5.41) is 0. The van der Waals surface area contributed by atoms with Crippen LogP contribution in [0.15, 0.2) is 23.3 Å². The Bertz CT molecular complexity index is 162. The molecule has 18 heavy (non-hydrogen) atoms. The molecule has 0 spiro atoms. The van der Waals surface area contributed by atoms with Crippen LogP contribution < -0.4 is 0 Å². The Hall–Kier alpha value is -0.520. The standard InChI is InChI=1S/C10H14.4C2H6/c1-2-6-10-8-4-3-7-9(10)5-1;4*1-2/h5-6H,1-4,7-8H2;4*1-2H3. The van der Waals surface area contributed by atoms with Crippen molar-refractivity contribution in [2.24, 2.45) is 0 Å². The molecular formula is C18H38. The minimum atomic E-state index is 1.29. The fourth-order valence-corrected chi connectivity index (χ4v) is 1.93. The van der Waals surface area contributed by atoms with Crippen molar-refractivity contribution in [1.29, 1.82) is 0 Å². The van der Waals surface area contributed by atoms with E-state index in [9.17, 15) is 0 Å². The fourth-order valence-electron chi connectivity index (χ4n) is 1.93. The molecule has 0 aromatic carbocycles. The van der Waals surface area contributed by atoms with Crippen molar-refractivity contribution in [2.75, 3.05) is 0 Å². The third-order valence-electron chi connectivity index (χ3n) is 2.50. The Balaban J connectivity index is -0.000000244. The number of hydrogen-bond acceptors (Lipinski definition) is 0. The van der Waals surface area contributed by atoms with Gasteiger partial charge in [0.15, 0.2) is 0 Å². The molecule has 0 radical (unpaired) electrons. The van der Waals surface area contributed by atoms with E-state index in [1.165, 1.54) is 38.5 Å². The quantitative estimate of drug-likeness (QED) is 0.425. The van der Waals surface area contributed by atoms with Gasteiger partial charge in [0.25, 0.3) is 0 Å². The highest BCUT2D eigenvalue weighted by Crippen LogP contribution is 2.31. The molecule has 0 heterocycles. The molecule has 110 valence electrons. The van der Waals surface area contributed by atoms with Crippen molar-refractivity contribution in [3.8, 4) is 0 Å². The van der Waals surface area contributed by atoms with Gasteiger partial charge in [-0.3, -0.25) is 0 Å². The summed E-state index contributed by atoms with van der Waals surface area (Å²) in [5.74, 6) is 0. The van der Waals surface area contributed by atoms with Gasteiger partial charge in [-0.1, -0.05) is 67.5 Å². The summed E-state index contributed by atoms with van der Waals surface area (Å²) in [6.45, 7) is 16.0. The highest BCUT2D eigenvalue weighted by Gasteiger charge is 2.12. The molecule has 2 rings (SSSR count). The van der Waals surface area contributed by atoms with Crippen molar-refractivity contribution in [3.05, 3.63) is 23.3 Å². The second-order valence-corrected chi connectivity index (χ2v) is 3.24. The topological polar surface area (TPSA) is 0 Å². The molecule has 0 atom stereocenters. The molecule has 0 unspecified atom stereocenters. The molecule has 1 saturated carbocycles. The molecule has 0 saturated heterocycles. The van der Waals surface area contributed by atoms with Crippen LogP contribution in [0.25, 0.3) is 0 Å². The lowest BCUT2D eigenvalue weighted by Gasteiger charge is -2.20. The molecule has 0 heteroatoms. The van der Waals surface area contributed by atoms with Gasteiger partial charge in [0.1, 0.15) is 0 Å². The molecule has 0 nitrogen and oxygen atoms in total. The maximum Gasteiger partial charge on any atom is -0.0279 e. The Kier molecular flexibility index (Phi) is 27.3. The van der Waals surface area contributed by atoms with Crippen LogP contribution in [0.3, 0.4) is 0 Å². The zero-order chi connectivity index (χ0) is 14.8. The Morgan fingerprint density at radius 1 is 0.556 bits per heavy atom. The summed E-state index contributed by atoms with van der Waals surface area (Å²) in [5.41, 5.74) is 3.33. The van der Waals surface area contributed by atoms with Crippen LogP contribution in [0, 0.1) is 0 Å². The summed E-state index contributed by atoms with van der Waals surface area (Å²) in [4.78, 5) is 0. The first-order valence-corrected chi connectivity index (χ1v) is 8.35. The maximum atomic E-state index is 2.44. The lowest BCUT2D eigenvalue weighted by molar-refractivity contribution is 0.665. The molecule has 0 bridgehead atoms. The van der Waals surface area contributed by atoms with Crippen LogP contribution in [-0.4, -0.2) is 0 Å². The minimum Gasteiger partial charge on any atom is -0.0807 e. The van der Waals surface area contributed by atoms with Crippen LogP contribution in [0.2, 0.25) is 0 Å². The Morgan fingerprint density at radius 3 is 1.11 bits per heavy atom. The van der Waals surface area contributed by atoms with Crippen LogP contribution in [-0.2, 0) is 0 Å². The van der Waals surface area contributed by atoms with E-state index >= 15 is 0 Å². The van der Waals surface area contributed by atoms with Crippen LogP contribution in [0.5, 0.6) is 0 Å². The SMILES string of the molecule is C1=C2CCCCC2=CCC1.CC.CC.CC.CC. The van der Waals surface area contributed by atoms with E-state index in [-0.39, 0.29) is 0 Å². The van der Waals surface area contributed by atoms with E-state index in [4.69, 9.17) is 0 Å². The van der Waals surface area contributed by atoms with Crippen molar-refractivity contribution in [3.63, 3.8) is 0 Å². The van der Waals surface area contributed by atoms with Gasteiger partial charge in [-0.2, -0.15) is 0 Å². The predicted octanol–water partition coefficient (Wildman–Crippen LogP) is 7.31.